The largest absolute Gasteiger partial charge is 0.493 e. The molecule has 0 aliphatic rings. The van der Waals surface area contributed by atoms with Crippen LogP contribution in [0.4, 0.5) is 0 Å². The quantitative estimate of drug-likeness (QED) is 0.353. The predicted octanol–water partition coefficient (Wildman–Crippen LogP) is 2.97. The number of nitrogens with one attached hydrogen (secondary N) is 2. The first-order valence-electron chi connectivity index (χ1n) is 9.89. The number of rotatable bonds is 10. The normalized spacial score (nSPS) is 11.9. The molecule has 0 fully saturated rings. The number of aliphatic imine (C=N–C) groups is 1. The van der Waals surface area contributed by atoms with Gasteiger partial charge in [0.2, 0.25) is 0 Å². The smallest absolute Gasteiger partial charge is 0.191 e. The van der Waals surface area contributed by atoms with Crippen LogP contribution < -0.4 is 15.4 Å². The van der Waals surface area contributed by atoms with E-state index in [1.165, 1.54) is 6.26 Å². The molecule has 0 spiro atoms. The van der Waals surface area contributed by atoms with Crippen LogP contribution in [0.3, 0.4) is 0 Å². The highest BCUT2D eigenvalue weighted by molar-refractivity contribution is 7.90. The van der Waals surface area contributed by atoms with E-state index in [4.69, 9.17) is 4.74 Å². The minimum atomic E-state index is -3.15. The first kappa shape index (κ1) is 22.7. The fourth-order valence-electron chi connectivity index (χ4n) is 2.73. The van der Waals surface area contributed by atoms with Gasteiger partial charge in [0.15, 0.2) is 15.8 Å². The number of aryl methyl sites for hydroxylation is 1. The SMILES string of the molecule is CCNC(=NCCCOc1ccccc1C)NCCc1ccc(S(C)(=O)=O)cc1. The molecule has 0 aliphatic carbocycles. The number of guanidine groups is 1. The van der Waals surface area contributed by atoms with Crippen LogP contribution in [0.15, 0.2) is 58.4 Å². The molecule has 0 atom stereocenters. The highest BCUT2D eigenvalue weighted by atomic mass is 32.2. The third kappa shape index (κ3) is 8.15. The van der Waals surface area contributed by atoms with Gasteiger partial charge < -0.3 is 15.4 Å². The molecule has 0 saturated heterocycles. The first-order chi connectivity index (χ1) is 13.9. The second kappa shape index (κ2) is 11.5. The van der Waals surface area contributed by atoms with Gasteiger partial charge >= 0.3 is 0 Å². The predicted molar refractivity (Wildman–Crippen MR) is 119 cm³/mol. The minimum Gasteiger partial charge on any atom is -0.493 e. The third-order valence-corrected chi connectivity index (χ3v) is 5.45. The van der Waals surface area contributed by atoms with Crippen LogP contribution in [-0.2, 0) is 16.3 Å². The Balaban J connectivity index is 1.75. The monoisotopic (exact) mass is 417 g/mol. The van der Waals surface area contributed by atoms with Crippen molar-refractivity contribution in [2.24, 2.45) is 4.99 Å². The zero-order valence-electron chi connectivity index (χ0n) is 17.4. The summed E-state index contributed by atoms with van der Waals surface area (Å²) in [5.74, 6) is 1.69. The van der Waals surface area contributed by atoms with Gasteiger partial charge in [0.25, 0.3) is 0 Å². The van der Waals surface area contributed by atoms with Crippen molar-refractivity contribution >= 4 is 15.8 Å². The fraction of sp³-hybridized carbons (Fsp3) is 0.409. The van der Waals surface area contributed by atoms with E-state index >= 15 is 0 Å². The zero-order valence-corrected chi connectivity index (χ0v) is 18.3. The average Bonchev–Trinajstić information content (AvgIpc) is 2.69. The fourth-order valence-corrected chi connectivity index (χ4v) is 3.36. The Morgan fingerprint density at radius 3 is 2.45 bits per heavy atom. The summed E-state index contributed by atoms with van der Waals surface area (Å²) in [5, 5.41) is 6.55. The Kier molecular flexibility index (Phi) is 8.99. The van der Waals surface area contributed by atoms with Crippen molar-refractivity contribution in [2.75, 3.05) is 32.5 Å². The number of benzene rings is 2. The van der Waals surface area contributed by atoms with E-state index in [0.717, 1.165) is 42.2 Å². The standard InChI is InChI=1S/C22H31N3O3S/c1-4-23-22(24-15-7-17-28-21-9-6-5-8-18(21)2)25-16-14-19-10-12-20(13-11-19)29(3,26)27/h5-6,8-13H,4,7,14-17H2,1-3H3,(H2,23,24,25). The summed E-state index contributed by atoms with van der Waals surface area (Å²) in [6, 6.07) is 15.0. The highest BCUT2D eigenvalue weighted by Crippen LogP contribution is 2.16. The van der Waals surface area contributed by atoms with Crippen LogP contribution in [-0.4, -0.2) is 46.9 Å². The average molecular weight is 418 g/mol. The van der Waals surface area contributed by atoms with Gasteiger partial charge in [-0.2, -0.15) is 0 Å². The van der Waals surface area contributed by atoms with Crippen molar-refractivity contribution in [1.82, 2.24) is 10.6 Å². The molecule has 0 saturated carbocycles. The molecule has 0 radical (unpaired) electrons. The maximum absolute atomic E-state index is 11.5. The molecule has 2 N–H and O–H groups in total. The molecule has 2 rings (SSSR count). The van der Waals surface area contributed by atoms with E-state index in [0.29, 0.717) is 24.6 Å². The van der Waals surface area contributed by atoms with Gasteiger partial charge in [0.05, 0.1) is 11.5 Å². The number of ether oxygens (including phenoxy) is 1. The number of sulfone groups is 1. The van der Waals surface area contributed by atoms with Gasteiger partial charge in [0, 0.05) is 32.3 Å². The third-order valence-electron chi connectivity index (χ3n) is 4.33. The molecule has 0 aliphatic heterocycles. The second-order valence-electron chi connectivity index (χ2n) is 6.82. The summed E-state index contributed by atoms with van der Waals surface area (Å²) in [6.45, 7) is 6.86. The Morgan fingerprint density at radius 2 is 1.79 bits per heavy atom. The Morgan fingerprint density at radius 1 is 1.07 bits per heavy atom. The maximum atomic E-state index is 11.5. The summed E-state index contributed by atoms with van der Waals surface area (Å²) in [4.78, 5) is 4.92. The molecule has 6 nitrogen and oxygen atoms in total. The molecule has 2 aromatic carbocycles. The van der Waals surface area contributed by atoms with E-state index in [1.807, 2.05) is 50.2 Å². The Bertz CT molecular complexity index is 894. The van der Waals surface area contributed by atoms with Crippen molar-refractivity contribution in [3.8, 4) is 5.75 Å². The Hall–Kier alpha value is -2.54. The lowest BCUT2D eigenvalue weighted by Crippen LogP contribution is -2.38. The minimum absolute atomic E-state index is 0.344. The topological polar surface area (TPSA) is 79.8 Å². The summed E-state index contributed by atoms with van der Waals surface area (Å²) in [6.07, 6.45) is 2.83. The van der Waals surface area contributed by atoms with E-state index in [1.54, 1.807) is 12.1 Å². The van der Waals surface area contributed by atoms with Crippen LogP contribution in [0.5, 0.6) is 5.75 Å². The second-order valence-corrected chi connectivity index (χ2v) is 8.84. The van der Waals surface area contributed by atoms with E-state index in [2.05, 4.69) is 15.6 Å². The molecule has 0 bridgehead atoms. The van der Waals surface area contributed by atoms with Gasteiger partial charge in [-0.05, 0) is 49.6 Å². The van der Waals surface area contributed by atoms with Gasteiger partial charge in [-0.3, -0.25) is 4.99 Å². The molecule has 2 aromatic rings. The van der Waals surface area contributed by atoms with Gasteiger partial charge in [-0.1, -0.05) is 30.3 Å². The van der Waals surface area contributed by atoms with E-state index < -0.39 is 9.84 Å². The lowest BCUT2D eigenvalue weighted by Gasteiger charge is -2.12. The van der Waals surface area contributed by atoms with Gasteiger partial charge in [-0.15, -0.1) is 0 Å². The number of nitrogens with zero attached hydrogens (tertiary/aromatic N) is 1. The molecular formula is C22H31N3O3S. The van der Waals surface area contributed by atoms with Crippen LogP contribution in [0.1, 0.15) is 24.5 Å². The van der Waals surface area contributed by atoms with Crippen LogP contribution in [0.25, 0.3) is 0 Å². The number of para-hydroxylation sites is 1. The molecule has 0 aromatic heterocycles. The summed E-state index contributed by atoms with van der Waals surface area (Å²) in [5.41, 5.74) is 2.21. The maximum Gasteiger partial charge on any atom is 0.191 e. The lowest BCUT2D eigenvalue weighted by molar-refractivity contribution is 0.311. The Labute approximate surface area is 174 Å². The lowest BCUT2D eigenvalue weighted by atomic mass is 10.1. The van der Waals surface area contributed by atoms with Gasteiger partial charge in [0.1, 0.15) is 5.75 Å². The van der Waals surface area contributed by atoms with E-state index in [-0.39, 0.29) is 0 Å². The molecular weight excluding hydrogens is 386 g/mol. The van der Waals surface area contributed by atoms with Crippen molar-refractivity contribution < 1.29 is 13.2 Å². The van der Waals surface area contributed by atoms with Crippen molar-refractivity contribution in [3.05, 3.63) is 59.7 Å². The summed E-state index contributed by atoms with van der Waals surface area (Å²) in [7, 11) is -3.15. The number of hydrogen-bond acceptors (Lipinski definition) is 4. The molecule has 0 amide bonds. The molecule has 7 heteroatoms. The molecule has 0 heterocycles. The first-order valence-corrected chi connectivity index (χ1v) is 11.8. The van der Waals surface area contributed by atoms with Crippen molar-refractivity contribution in [3.63, 3.8) is 0 Å². The summed E-state index contributed by atoms with van der Waals surface area (Å²) >= 11 is 0. The van der Waals surface area contributed by atoms with Crippen LogP contribution >= 0.6 is 0 Å². The molecule has 29 heavy (non-hydrogen) atoms. The van der Waals surface area contributed by atoms with Crippen molar-refractivity contribution in [2.45, 2.75) is 31.6 Å². The number of hydrogen-bond donors (Lipinski definition) is 2. The molecule has 158 valence electrons. The molecule has 0 unspecified atom stereocenters. The van der Waals surface area contributed by atoms with Crippen LogP contribution in [0, 0.1) is 6.92 Å². The van der Waals surface area contributed by atoms with E-state index in [9.17, 15) is 8.42 Å². The zero-order chi connectivity index (χ0) is 21.1. The van der Waals surface area contributed by atoms with Crippen molar-refractivity contribution in [1.29, 1.82) is 0 Å². The highest BCUT2D eigenvalue weighted by Gasteiger charge is 2.06. The van der Waals surface area contributed by atoms with Gasteiger partial charge in [-0.25, -0.2) is 8.42 Å². The van der Waals surface area contributed by atoms with Crippen LogP contribution in [0.2, 0.25) is 0 Å². The summed E-state index contributed by atoms with van der Waals surface area (Å²) < 4.78 is 28.8.